The molecule has 1 unspecified atom stereocenters. The van der Waals surface area contributed by atoms with Crippen molar-refractivity contribution >= 4 is 0 Å². The zero-order valence-corrected chi connectivity index (χ0v) is 12.5. The topological polar surface area (TPSA) is 21.3 Å². The number of methoxy groups -OCH3 is 1. The fourth-order valence-electron chi connectivity index (χ4n) is 2.55. The second-order valence-corrected chi connectivity index (χ2v) is 5.09. The number of benzene rings is 2. The van der Waals surface area contributed by atoms with Crippen LogP contribution in [0.25, 0.3) is 0 Å². The third kappa shape index (κ3) is 3.61. The molecule has 0 fully saturated rings. The lowest BCUT2D eigenvalue weighted by molar-refractivity contribution is 0.411. The first kappa shape index (κ1) is 14.6. The van der Waals surface area contributed by atoms with Crippen LogP contribution < -0.4 is 10.1 Å². The molecule has 0 aliphatic heterocycles. The van der Waals surface area contributed by atoms with Crippen molar-refractivity contribution in [1.29, 1.82) is 0 Å². The van der Waals surface area contributed by atoms with Crippen LogP contribution in [-0.4, -0.2) is 14.2 Å². The normalized spacial score (nSPS) is 12.2. The molecule has 2 aromatic carbocycles. The summed E-state index contributed by atoms with van der Waals surface area (Å²) in [6.07, 6.45) is 2.17. The lowest BCUT2D eigenvalue weighted by atomic mass is 9.97. The molecule has 20 heavy (non-hydrogen) atoms. The Kier molecular flexibility index (Phi) is 5.19. The van der Waals surface area contributed by atoms with Gasteiger partial charge in [0.05, 0.1) is 7.11 Å². The highest BCUT2D eigenvalue weighted by Crippen LogP contribution is 2.25. The molecule has 2 aromatic rings. The van der Waals surface area contributed by atoms with Crippen molar-refractivity contribution in [3.63, 3.8) is 0 Å². The monoisotopic (exact) mass is 269 g/mol. The van der Waals surface area contributed by atoms with Crippen LogP contribution in [0.4, 0.5) is 0 Å². The Balaban J connectivity index is 2.06. The minimum absolute atomic E-state index is 0.375. The average molecular weight is 269 g/mol. The predicted molar refractivity (Wildman–Crippen MR) is 84.3 cm³/mol. The number of aryl methyl sites for hydroxylation is 2. The van der Waals surface area contributed by atoms with Gasteiger partial charge in [-0.1, -0.05) is 42.5 Å². The molecule has 0 amide bonds. The molecule has 0 aliphatic rings. The predicted octanol–water partition coefficient (Wildman–Crippen LogP) is 3.90. The molecule has 0 saturated heterocycles. The van der Waals surface area contributed by atoms with Gasteiger partial charge in [-0.25, -0.2) is 0 Å². The molecule has 0 radical (unpaired) electrons. The van der Waals surface area contributed by atoms with Crippen molar-refractivity contribution in [3.8, 4) is 5.75 Å². The molecule has 0 aliphatic carbocycles. The Morgan fingerprint density at radius 1 is 1.10 bits per heavy atom. The first-order valence-electron chi connectivity index (χ1n) is 7.10. The maximum atomic E-state index is 5.32. The van der Waals surface area contributed by atoms with Gasteiger partial charge < -0.3 is 10.1 Å². The summed E-state index contributed by atoms with van der Waals surface area (Å²) >= 11 is 0. The zero-order valence-electron chi connectivity index (χ0n) is 12.5. The van der Waals surface area contributed by atoms with E-state index in [-0.39, 0.29) is 0 Å². The highest BCUT2D eigenvalue weighted by Gasteiger charge is 2.11. The van der Waals surface area contributed by atoms with Crippen LogP contribution in [-0.2, 0) is 6.42 Å². The molecule has 1 N–H and O–H groups in total. The third-order valence-corrected chi connectivity index (χ3v) is 3.73. The van der Waals surface area contributed by atoms with Crippen molar-refractivity contribution in [2.24, 2.45) is 0 Å². The second-order valence-electron chi connectivity index (χ2n) is 5.09. The van der Waals surface area contributed by atoms with E-state index in [1.54, 1.807) is 7.11 Å². The van der Waals surface area contributed by atoms with E-state index in [0.29, 0.717) is 6.04 Å². The lowest BCUT2D eigenvalue weighted by Gasteiger charge is -2.18. The van der Waals surface area contributed by atoms with E-state index in [1.165, 1.54) is 16.7 Å². The summed E-state index contributed by atoms with van der Waals surface area (Å²) in [6.45, 7) is 2.09. The summed E-state index contributed by atoms with van der Waals surface area (Å²) in [5.74, 6) is 0.951. The Labute approximate surface area is 121 Å². The SMILES string of the molecule is CNC(CCc1ccccc1)c1ccc(OC)c(C)c1. The molecule has 0 spiro atoms. The van der Waals surface area contributed by atoms with Crippen LogP contribution in [0.1, 0.15) is 29.2 Å². The second kappa shape index (κ2) is 7.11. The van der Waals surface area contributed by atoms with Gasteiger partial charge in [0.2, 0.25) is 0 Å². The number of hydrogen-bond donors (Lipinski definition) is 1. The molecular formula is C18H23NO. The van der Waals surface area contributed by atoms with Crippen molar-refractivity contribution in [2.75, 3.05) is 14.2 Å². The van der Waals surface area contributed by atoms with E-state index in [4.69, 9.17) is 4.74 Å². The molecule has 2 nitrogen and oxygen atoms in total. The maximum absolute atomic E-state index is 5.32. The van der Waals surface area contributed by atoms with Crippen molar-refractivity contribution in [3.05, 3.63) is 65.2 Å². The molecule has 0 saturated carbocycles. The van der Waals surface area contributed by atoms with Gasteiger partial charge in [0, 0.05) is 6.04 Å². The summed E-state index contributed by atoms with van der Waals surface area (Å²) in [5.41, 5.74) is 3.89. The molecule has 0 bridgehead atoms. The van der Waals surface area contributed by atoms with Gasteiger partial charge in [0.25, 0.3) is 0 Å². The van der Waals surface area contributed by atoms with Crippen LogP contribution in [0, 0.1) is 6.92 Å². The number of ether oxygens (including phenoxy) is 1. The first-order chi connectivity index (χ1) is 9.74. The van der Waals surface area contributed by atoms with Gasteiger partial charge in [-0.2, -0.15) is 0 Å². The average Bonchev–Trinajstić information content (AvgIpc) is 2.49. The summed E-state index contributed by atoms with van der Waals surface area (Å²) < 4.78 is 5.32. The van der Waals surface area contributed by atoms with Crippen molar-refractivity contribution < 1.29 is 4.74 Å². The number of nitrogens with one attached hydrogen (secondary N) is 1. The Hall–Kier alpha value is -1.80. The van der Waals surface area contributed by atoms with Crippen LogP contribution in [0.3, 0.4) is 0 Å². The zero-order chi connectivity index (χ0) is 14.4. The largest absolute Gasteiger partial charge is 0.496 e. The standard InChI is InChI=1S/C18H23NO/c1-14-13-16(10-12-18(14)20-3)17(19-2)11-9-15-7-5-4-6-8-15/h4-8,10,12-13,17,19H,9,11H2,1-3H3. The van der Waals surface area contributed by atoms with Gasteiger partial charge in [-0.3, -0.25) is 0 Å². The maximum Gasteiger partial charge on any atom is 0.121 e. The molecule has 2 rings (SSSR count). The van der Waals surface area contributed by atoms with Crippen LogP contribution in [0.15, 0.2) is 48.5 Å². The van der Waals surface area contributed by atoms with Crippen LogP contribution >= 0.6 is 0 Å². The van der Waals surface area contributed by atoms with E-state index in [9.17, 15) is 0 Å². The Morgan fingerprint density at radius 2 is 1.85 bits per heavy atom. The Morgan fingerprint density at radius 3 is 2.45 bits per heavy atom. The number of hydrogen-bond acceptors (Lipinski definition) is 2. The summed E-state index contributed by atoms with van der Waals surface area (Å²) in [4.78, 5) is 0. The Bertz CT molecular complexity index is 536. The minimum atomic E-state index is 0.375. The van der Waals surface area contributed by atoms with E-state index < -0.39 is 0 Å². The summed E-state index contributed by atoms with van der Waals surface area (Å²) in [6, 6.07) is 17.4. The fourth-order valence-corrected chi connectivity index (χ4v) is 2.55. The fraction of sp³-hybridized carbons (Fsp3) is 0.333. The van der Waals surface area contributed by atoms with Crippen LogP contribution in [0.2, 0.25) is 0 Å². The highest BCUT2D eigenvalue weighted by atomic mass is 16.5. The number of rotatable bonds is 6. The van der Waals surface area contributed by atoms with E-state index in [1.807, 2.05) is 7.05 Å². The lowest BCUT2D eigenvalue weighted by Crippen LogP contribution is -2.17. The van der Waals surface area contributed by atoms with E-state index in [0.717, 1.165) is 18.6 Å². The van der Waals surface area contributed by atoms with Gasteiger partial charge >= 0.3 is 0 Å². The van der Waals surface area contributed by atoms with Crippen LogP contribution in [0.5, 0.6) is 5.75 Å². The van der Waals surface area contributed by atoms with Crippen molar-refractivity contribution in [2.45, 2.75) is 25.8 Å². The minimum Gasteiger partial charge on any atom is -0.496 e. The molecular weight excluding hydrogens is 246 g/mol. The third-order valence-electron chi connectivity index (χ3n) is 3.73. The highest BCUT2D eigenvalue weighted by molar-refractivity contribution is 5.37. The summed E-state index contributed by atoms with van der Waals surface area (Å²) in [7, 11) is 3.74. The molecule has 1 atom stereocenters. The van der Waals surface area contributed by atoms with Gasteiger partial charge in [-0.05, 0) is 49.6 Å². The smallest absolute Gasteiger partial charge is 0.121 e. The van der Waals surface area contributed by atoms with Gasteiger partial charge in [0.1, 0.15) is 5.75 Å². The van der Waals surface area contributed by atoms with Gasteiger partial charge in [0.15, 0.2) is 0 Å². The van der Waals surface area contributed by atoms with E-state index >= 15 is 0 Å². The quantitative estimate of drug-likeness (QED) is 0.859. The van der Waals surface area contributed by atoms with Crippen molar-refractivity contribution in [1.82, 2.24) is 5.32 Å². The molecule has 0 heterocycles. The summed E-state index contributed by atoms with van der Waals surface area (Å²) in [5, 5.41) is 3.41. The van der Waals surface area contributed by atoms with E-state index in [2.05, 4.69) is 60.8 Å². The molecule has 106 valence electrons. The van der Waals surface area contributed by atoms with Gasteiger partial charge in [-0.15, -0.1) is 0 Å². The molecule has 2 heteroatoms. The molecule has 0 aromatic heterocycles. The first-order valence-corrected chi connectivity index (χ1v) is 7.10.